The van der Waals surface area contributed by atoms with Gasteiger partial charge in [0.1, 0.15) is 12.1 Å². The molecule has 7 heteroatoms. The molecule has 1 aliphatic rings. The quantitative estimate of drug-likeness (QED) is 0.514. The molecule has 5 nitrogen and oxygen atoms in total. The van der Waals surface area contributed by atoms with E-state index in [0.717, 1.165) is 29.8 Å². The van der Waals surface area contributed by atoms with Gasteiger partial charge in [-0.25, -0.2) is 9.98 Å². The fourth-order valence-corrected chi connectivity index (χ4v) is 3.25. The van der Waals surface area contributed by atoms with Crippen LogP contribution in [0.25, 0.3) is 11.3 Å². The van der Waals surface area contributed by atoms with Crippen molar-refractivity contribution in [2.75, 3.05) is 7.11 Å². The molecule has 2 aromatic rings. The minimum Gasteiger partial charge on any atom is -0.496 e. The van der Waals surface area contributed by atoms with Gasteiger partial charge < -0.3 is 4.74 Å². The molecule has 20 heavy (non-hydrogen) atoms. The minimum atomic E-state index is 0. The molecule has 0 saturated heterocycles. The van der Waals surface area contributed by atoms with Crippen LogP contribution in [0.5, 0.6) is 5.75 Å². The van der Waals surface area contributed by atoms with E-state index in [9.17, 15) is 0 Å². The Morgan fingerprint density at radius 3 is 3.05 bits per heavy atom. The number of nitrogens with zero attached hydrogens (tertiary/aromatic N) is 2. The molecular weight excluding hydrogens is 321 g/mol. The molecule has 0 fully saturated rings. The van der Waals surface area contributed by atoms with Gasteiger partial charge in [-0.2, -0.15) is 0 Å². The molecule has 0 saturated carbocycles. The Kier molecular flexibility index (Phi) is 4.76. The Bertz CT molecular complexity index is 643. The zero-order valence-electron chi connectivity index (χ0n) is 10.7. The second-order valence-corrected chi connectivity index (χ2v) is 5.20. The molecular formula is C13H13CoN3O2S+2. The number of ether oxygens (including phenoxy) is 1. The largest absolute Gasteiger partial charge is 2.00 e. The third-order valence-corrected chi connectivity index (χ3v) is 4.15. The Morgan fingerprint density at radius 1 is 1.45 bits per heavy atom. The van der Waals surface area contributed by atoms with Crippen molar-refractivity contribution >= 4 is 22.8 Å². The number of aryl methyl sites for hydroxylation is 1. The number of thiazole rings is 1. The topological polar surface area (TPSA) is 66.7 Å². The molecule has 1 radical (unpaired) electrons. The zero-order chi connectivity index (χ0) is 13.2. The van der Waals surface area contributed by atoms with Crippen LogP contribution in [-0.4, -0.2) is 23.6 Å². The third kappa shape index (κ3) is 2.57. The summed E-state index contributed by atoms with van der Waals surface area (Å²) < 4.78 is 5.40. The first-order valence-corrected chi connectivity index (χ1v) is 6.73. The van der Waals surface area contributed by atoms with Gasteiger partial charge in [-0.1, -0.05) is 23.5 Å². The summed E-state index contributed by atoms with van der Waals surface area (Å²) >= 11 is 1.55. The van der Waals surface area contributed by atoms with E-state index in [1.807, 2.05) is 17.6 Å². The summed E-state index contributed by atoms with van der Waals surface area (Å²) in [5.41, 5.74) is 5.20. The summed E-state index contributed by atoms with van der Waals surface area (Å²) in [4.78, 5) is 9.78. The molecule has 0 amide bonds. The molecule has 1 aromatic carbocycles. The van der Waals surface area contributed by atoms with Gasteiger partial charge in [-0.05, 0) is 18.9 Å². The summed E-state index contributed by atoms with van der Waals surface area (Å²) in [6.07, 6.45) is 3.12. The molecule has 0 atom stereocenters. The van der Waals surface area contributed by atoms with E-state index in [4.69, 9.17) is 9.94 Å². The second-order valence-electron chi connectivity index (χ2n) is 4.14. The van der Waals surface area contributed by atoms with Gasteiger partial charge in [-0.3, -0.25) is 10.7 Å². The van der Waals surface area contributed by atoms with E-state index in [0.29, 0.717) is 5.13 Å². The van der Waals surface area contributed by atoms with Gasteiger partial charge in [0, 0.05) is 16.0 Å². The van der Waals surface area contributed by atoms with Gasteiger partial charge in [0.15, 0.2) is 0 Å². The Hall–Kier alpha value is -1.41. The number of aromatic nitrogens is 1. The molecule has 1 aromatic heterocycles. The summed E-state index contributed by atoms with van der Waals surface area (Å²) in [7, 11) is 1.69. The average Bonchev–Trinajstić information content (AvgIpc) is 2.87. The van der Waals surface area contributed by atoms with Gasteiger partial charge in [0.05, 0.1) is 12.8 Å². The average molecular weight is 334 g/mol. The van der Waals surface area contributed by atoms with Gasteiger partial charge in [0.25, 0.3) is 0 Å². The van der Waals surface area contributed by atoms with Crippen molar-refractivity contribution in [2.45, 2.75) is 12.8 Å². The maximum Gasteiger partial charge on any atom is 2.00 e. The number of fused-ring (bicyclic) bond motifs is 3. The summed E-state index contributed by atoms with van der Waals surface area (Å²) in [6.45, 7) is 0. The Balaban J connectivity index is 0.00000147. The predicted molar refractivity (Wildman–Crippen MR) is 74.6 cm³/mol. The molecule has 3 rings (SSSR count). The van der Waals surface area contributed by atoms with Crippen molar-refractivity contribution in [3.63, 3.8) is 0 Å². The molecule has 2 N–H and O–H groups in total. The standard InChI is InChI=1S/C13H13N3O2S.Co/c1-18-10-4-2-3-9-8(10)5-6-11-12(9)16-13(19-11)14-7-15-17;/h2-4,7,17H,5-6H2,1H3,(H,14,15,16);/q;+2. The Labute approximate surface area is 130 Å². The van der Waals surface area contributed by atoms with Crippen LogP contribution >= 0.6 is 11.3 Å². The summed E-state index contributed by atoms with van der Waals surface area (Å²) in [5, 5.41) is 9.16. The number of hydrogen-bond acceptors (Lipinski definition) is 5. The first-order chi connectivity index (χ1) is 9.33. The first kappa shape index (κ1) is 15.0. The van der Waals surface area contributed by atoms with E-state index in [1.165, 1.54) is 16.8 Å². The van der Waals surface area contributed by atoms with Crippen molar-refractivity contribution in [2.24, 2.45) is 4.99 Å². The summed E-state index contributed by atoms with van der Waals surface area (Å²) in [6, 6.07) is 6.02. The van der Waals surface area contributed by atoms with E-state index < -0.39 is 0 Å². The van der Waals surface area contributed by atoms with Crippen LogP contribution in [0.1, 0.15) is 10.4 Å². The van der Waals surface area contributed by atoms with Gasteiger partial charge in [-0.15, -0.1) is 0 Å². The SMILES string of the molecule is COc1cccc2c1CCc1sc(/N=C\NO)nc1-2.[Co+2]. The second kappa shape index (κ2) is 6.36. The smallest absolute Gasteiger partial charge is 0.496 e. The molecule has 1 aliphatic carbocycles. The molecule has 105 valence electrons. The molecule has 0 aliphatic heterocycles. The van der Waals surface area contributed by atoms with Crippen LogP contribution in [-0.2, 0) is 29.6 Å². The number of hydrogen-bond donors (Lipinski definition) is 2. The number of aliphatic imine (C=N–C) groups is 1. The van der Waals surface area contributed by atoms with Crippen LogP contribution < -0.4 is 10.2 Å². The van der Waals surface area contributed by atoms with Crippen LogP contribution in [0.15, 0.2) is 23.2 Å². The molecule has 0 bridgehead atoms. The fourth-order valence-electron chi connectivity index (χ4n) is 2.33. The molecule has 1 heterocycles. The number of methoxy groups -OCH3 is 1. The van der Waals surface area contributed by atoms with Crippen LogP contribution in [0.3, 0.4) is 0 Å². The molecule has 0 unspecified atom stereocenters. The zero-order valence-corrected chi connectivity index (χ0v) is 12.6. The van der Waals surface area contributed by atoms with E-state index in [1.54, 1.807) is 18.4 Å². The number of nitrogens with one attached hydrogen (secondary N) is 1. The summed E-state index contributed by atoms with van der Waals surface area (Å²) in [5.74, 6) is 0.915. The van der Waals surface area contributed by atoms with Crippen molar-refractivity contribution in [3.8, 4) is 17.0 Å². The first-order valence-electron chi connectivity index (χ1n) is 5.91. The van der Waals surface area contributed by atoms with E-state index in [2.05, 4.69) is 16.0 Å². The predicted octanol–water partition coefficient (Wildman–Crippen LogP) is 2.55. The van der Waals surface area contributed by atoms with Crippen LogP contribution in [0, 0.1) is 0 Å². The van der Waals surface area contributed by atoms with Crippen molar-refractivity contribution in [3.05, 3.63) is 28.6 Å². The van der Waals surface area contributed by atoms with Crippen LogP contribution in [0.2, 0.25) is 0 Å². The monoisotopic (exact) mass is 334 g/mol. The van der Waals surface area contributed by atoms with Crippen LogP contribution in [0.4, 0.5) is 5.13 Å². The van der Waals surface area contributed by atoms with E-state index in [-0.39, 0.29) is 16.8 Å². The number of benzene rings is 1. The maximum atomic E-state index is 8.52. The van der Waals surface area contributed by atoms with Gasteiger partial charge >= 0.3 is 16.8 Å². The third-order valence-electron chi connectivity index (χ3n) is 3.13. The van der Waals surface area contributed by atoms with Crippen molar-refractivity contribution in [1.29, 1.82) is 0 Å². The number of hydroxylamine groups is 1. The van der Waals surface area contributed by atoms with Crippen molar-refractivity contribution < 1.29 is 26.7 Å². The normalized spacial score (nSPS) is 12.5. The minimum absolute atomic E-state index is 0. The number of rotatable bonds is 3. The Morgan fingerprint density at radius 2 is 2.30 bits per heavy atom. The molecule has 0 spiro atoms. The van der Waals surface area contributed by atoms with Crippen molar-refractivity contribution in [1.82, 2.24) is 10.5 Å². The fraction of sp³-hybridized carbons (Fsp3) is 0.231. The maximum absolute atomic E-state index is 8.52. The van der Waals surface area contributed by atoms with Gasteiger partial charge in [0.2, 0.25) is 5.13 Å². The van der Waals surface area contributed by atoms with E-state index >= 15 is 0 Å².